The lowest BCUT2D eigenvalue weighted by molar-refractivity contribution is 0.0917. The minimum absolute atomic E-state index is 0.00470. The van der Waals surface area contributed by atoms with E-state index < -0.39 is 27.6 Å². The zero-order valence-electron chi connectivity index (χ0n) is 20.2. The molecule has 1 aliphatic heterocycles. The van der Waals surface area contributed by atoms with E-state index in [2.05, 4.69) is 4.98 Å². The smallest absolute Gasteiger partial charge is 0.260 e. The topological polar surface area (TPSA) is 79.8 Å². The average Bonchev–Trinajstić information content (AvgIpc) is 3.52. The second kappa shape index (κ2) is 11.3. The summed E-state index contributed by atoms with van der Waals surface area (Å²) in [6.45, 7) is 5.46. The third-order valence-electron chi connectivity index (χ3n) is 5.97. The fourth-order valence-corrected chi connectivity index (χ4v) is 6.86. The van der Waals surface area contributed by atoms with Crippen LogP contribution in [0.1, 0.15) is 49.9 Å². The minimum Gasteiger partial charge on any atom is -0.376 e. The Kier molecular flexibility index (Phi) is 8.34. The van der Waals surface area contributed by atoms with Gasteiger partial charge in [0.2, 0.25) is 10.0 Å². The molecule has 11 heteroatoms. The number of halogens is 2. The van der Waals surface area contributed by atoms with Crippen molar-refractivity contribution in [1.29, 1.82) is 0 Å². The first kappa shape index (κ1) is 26.6. The standard InChI is InChI=1S/C25H29F2N3O4S2/c1-3-11-29(12-4-2)36(32,33)20-9-7-17(8-10-20)24(31)30(16-19-6-5-13-34-19)25-28-23-21(27)14-18(26)15-22(23)35-25/h7-10,14-15,19H,3-6,11-13,16H2,1-2H3. The van der Waals surface area contributed by atoms with Crippen LogP contribution >= 0.6 is 11.3 Å². The minimum atomic E-state index is -3.68. The van der Waals surface area contributed by atoms with Crippen molar-refractivity contribution < 1.29 is 26.7 Å². The molecule has 0 aliphatic carbocycles. The molecule has 1 unspecified atom stereocenters. The first-order valence-electron chi connectivity index (χ1n) is 12.0. The summed E-state index contributed by atoms with van der Waals surface area (Å²) in [7, 11) is -3.68. The molecular weight excluding hydrogens is 508 g/mol. The van der Waals surface area contributed by atoms with E-state index in [0.717, 1.165) is 30.2 Å². The van der Waals surface area contributed by atoms with Crippen molar-refractivity contribution in [2.75, 3.05) is 31.1 Å². The van der Waals surface area contributed by atoms with Crippen LogP contribution in [0.5, 0.6) is 0 Å². The number of nitrogens with zero attached hydrogens (tertiary/aromatic N) is 3. The molecule has 2 heterocycles. The molecule has 36 heavy (non-hydrogen) atoms. The van der Waals surface area contributed by atoms with Gasteiger partial charge in [0.15, 0.2) is 10.9 Å². The number of rotatable bonds is 10. The van der Waals surface area contributed by atoms with Gasteiger partial charge in [-0.05, 0) is 56.0 Å². The van der Waals surface area contributed by atoms with Gasteiger partial charge >= 0.3 is 0 Å². The second-order valence-corrected chi connectivity index (χ2v) is 11.7. The number of sulfonamides is 1. The SMILES string of the molecule is CCCN(CCC)S(=O)(=O)c1ccc(C(=O)N(CC2CCCO2)c2nc3c(F)cc(F)cc3s2)cc1. The summed E-state index contributed by atoms with van der Waals surface area (Å²) >= 11 is 1.02. The van der Waals surface area contributed by atoms with Crippen LogP contribution in [0.4, 0.5) is 13.9 Å². The van der Waals surface area contributed by atoms with Crippen LogP contribution in [0.2, 0.25) is 0 Å². The molecule has 0 spiro atoms. The van der Waals surface area contributed by atoms with E-state index in [0.29, 0.717) is 37.2 Å². The van der Waals surface area contributed by atoms with Crippen LogP contribution in [-0.2, 0) is 14.8 Å². The van der Waals surface area contributed by atoms with Crippen molar-refractivity contribution in [1.82, 2.24) is 9.29 Å². The van der Waals surface area contributed by atoms with Crippen LogP contribution < -0.4 is 4.90 Å². The molecule has 7 nitrogen and oxygen atoms in total. The number of ether oxygens (including phenoxy) is 1. The van der Waals surface area contributed by atoms with E-state index >= 15 is 0 Å². The van der Waals surface area contributed by atoms with Crippen molar-refractivity contribution in [2.24, 2.45) is 0 Å². The maximum atomic E-state index is 14.3. The van der Waals surface area contributed by atoms with Crippen LogP contribution in [0, 0.1) is 11.6 Å². The van der Waals surface area contributed by atoms with Gasteiger partial charge in [0.1, 0.15) is 11.3 Å². The largest absolute Gasteiger partial charge is 0.376 e. The molecule has 2 aromatic carbocycles. The van der Waals surface area contributed by atoms with Gasteiger partial charge in [-0.15, -0.1) is 0 Å². The Balaban J connectivity index is 1.65. The molecule has 194 valence electrons. The highest BCUT2D eigenvalue weighted by molar-refractivity contribution is 7.89. The molecule has 1 saturated heterocycles. The van der Waals surface area contributed by atoms with E-state index in [9.17, 15) is 22.0 Å². The molecule has 0 radical (unpaired) electrons. The number of fused-ring (bicyclic) bond motifs is 1. The number of hydrogen-bond acceptors (Lipinski definition) is 6. The van der Waals surface area contributed by atoms with Crippen molar-refractivity contribution >= 4 is 42.6 Å². The molecule has 0 bridgehead atoms. The Labute approximate surface area is 213 Å². The zero-order chi connectivity index (χ0) is 25.9. The van der Waals surface area contributed by atoms with Gasteiger partial charge in [-0.2, -0.15) is 4.31 Å². The Morgan fingerprint density at radius 3 is 2.44 bits per heavy atom. The molecule has 1 aromatic heterocycles. The highest BCUT2D eigenvalue weighted by Gasteiger charge is 2.29. The van der Waals surface area contributed by atoms with Crippen molar-refractivity contribution in [3.63, 3.8) is 0 Å². The maximum absolute atomic E-state index is 14.3. The molecule has 0 N–H and O–H groups in total. The number of aromatic nitrogens is 1. The Morgan fingerprint density at radius 2 is 1.83 bits per heavy atom. The summed E-state index contributed by atoms with van der Waals surface area (Å²) in [5, 5.41) is 0.226. The van der Waals surface area contributed by atoms with Crippen LogP contribution in [0.25, 0.3) is 10.2 Å². The normalized spacial score (nSPS) is 16.2. The molecular formula is C25H29F2N3O4S2. The molecule has 4 rings (SSSR count). The number of amides is 1. The quantitative estimate of drug-likeness (QED) is 0.355. The summed E-state index contributed by atoms with van der Waals surface area (Å²) in [6, 6.07) is 7.75. The molecule has 1 fully saturated rings. The summed E-state index contributed by atoms with van der Waals surface area (Å²) in [6.07, 6.45) is 2.81. The van der Waals surface area contributed by atoms with E-state index in [1.807, 2.05) is 13.8 Å². The van der Waals surface area contributed by atoms with Gasteiger partial charge in [-0.1, -0.05) is 25.2 Å². The zero-order valence-corrected chi connectivity index (χ0v) is 21.9. The summed E-state index contributed by atoms with van der Waals surface area (Å²) < 4.78 is 61.6. The van der Waals surface area contributed by atoms with Gasteiger partial charge in [0.05, 0.1) is 22.2 Å². The molecule has 1 atom stereocenters. The Bertz CT molecular complexity index is 1320. The van der Waals surface area contributed by atoms with Crippen LogP contribution in [-0.4, -0.2) is 56.0 Å². The highest BCUT2D eigenvalue weighted by Crippen LogP contribution is 2.33. The predicted molar refractivity (Wildman–Crippen MR) is 136 cm³/mol. The van der Waals surface area contributed by atoms with Crippen molar-refractivity contribution in [3.8, 4) is 0 Å². The average molecular weight is 538 g/mol. The highest BCUT2D eigenvalue weighted by atomic mass is 32.2. The van der Waals surface area contributed by atoms with Gasteiger partial charge in [-0.3, -0.25) is 9.69 Å². The number of anilines is 1. The molecule has 0 saturated carbocycles. The van der Waals surface area contributed by atoms with E-state index in [-0.39, 0.29) is 33.8 Å². The van der Waals surface area contributed by atoms with Gasteiger partial charge in [0, 0.05) is 31.3 Å². The lowest BCUT2D eigenvalue weighted by Gasteiger charge is -2.23. The van der Waals surface area contributed by atoms with Gasteiger partial charge in [0.25, 0.3) is 5.91 Å². The third-order valence-corrected chi connectivity index (χ3v) is 8.91. The van der Waals surface area contributed by atoms with E-state index in [4.69, 9.17) is 4.74 Å². The van der Waals surface area contributed by atoms with Crippen molar-refractivity contribution in [2.45, 2.75) is 50.5 Å². The monoisotopic (exact) mass is 537 g/mol. The predicted octanol–water partition coefficient (Wildman–Crippen LogP) is 5.21. The summed E-state index contributed by atoms with van der Waals surface area (Å²) in [5.41, 5.74) is 0.255. The van der Waals surface area contributed by atoms with E-state index in [1.54, 1.807) is 0 Å². The fraction of sp³-hybridized carbons (Fsp3) is 0.440. The summed E-state index contributed by atoms with van der Waals surface area (Å²) in [5.74, 6) is -1.94. The second-order valence-electron chi connectivity index (χ2n) is 8.71. The molecule has 1 aliphatic rings. The van der Waals surface area contributed by atoms with E-state index in [1.165, 1.54) is 39.5 Å². The molecule has 1 amide bonds. The van der Waals surface area contributed by atoms with Crippen molar-refractivity contribution in [3.05, 3.63) is 53.6 Å². The van der Waals surface area contributed by atoms with Gasteiger partial charge < -0.3 is 4.74 Å². The maximum Gasteiger partial charge on any atom is 0.260 e. The lowest BCUT2D eigenvalue weighted by Crippen LogP contribution is -2.37. The first-order chi connectivity index (χ1) is 17.2. The number of hydrogen-bond donors (Lipinski definition) is 0. The van der Waals surface area contributed by atoms with Gasteiger partial charge in [-0.25, -0.2) is 22.2 Å². The number of thiazole rings is 1. The Morgan fingerprint density at radius 1 is 1.14 bits per heavy atom. The van der Waals surface area contributed by atoms with Crippen LogP contribution in [0.15, 0.2) is 41.3 Å². The third kappa shape index (κ3) is 5.59. The number of carbonyl (C=O) groups is 1. The number of benzene rings is 2. The number of carbonyl (C=O) groups excluding carboxylic acids is 1. The fourth-order valence-electron chi connectivity index (χ4n) is 4.23. The first-order valence-corrected chi connectivity index (χ1v) is 14.3. The van der Waals surface area contributed by atoms with Crippen LogP contribution in [0.3, 0.4) is 0 Å². The molecule has 3 aromatic rings. The lowest BCUT2D eigenvalue weighted by atomic mass is 10.2. The Hall–Kier alpha value is -2.47. The summed E-state index contributed by atoms with van der Waals surface area (Å²) in [4.78, 5) is 19.4.